The highest BCUT2D eigenvalue weighted by Gasteiger charge is 2.30. The average molecular weight is 348 g/mol. The Bertz CT molecular complexity index is 997. The first-order valence-electron chi connectivity index (χ1n) is 8.11. The second kappa shape index (κ2) is 5.56. The Hall–Kier alpha value is -1.93. The van der Waals surface area contributed by atoms with Gasteiger partial charge >= 0.3 is 0 Å². The molecule has 0 amide bonds. The molecule has 128 valence electrons. The van der Waals surface area contributed by atoms with Crippen molar-refractivity contribution in [1.29, 1.82) is 0 Å². The zero-order valence-electron chi connectivity index (χ0n) is 13.4. The molecule has 1 aliphatic carbocycles. The Morgan fingerprint density at radius 2 is 2.08 bits per heavy atom. The van der Waals surface area contributed by atoms with Gasteiger partial charge in [-0.1, -0.05) is 0 Å². The van der Waals surface area contributed by atoms with E-state index in [2.05, 4.69) is 19.5 Å². The summed E-state index contributed by atoms with van der Waals surface area (Å²) in [4.78, 5) is 12.0. The third kappa shape index (κ3) is 2.41. The van der Waals surface area contributed by atoms with Gasteiger partial charge in [-0.25, -0.2) is 18.4 Å². The molecule has 1 aliphatic rings. The summed E-state index contributed by atoms with van der Waals surface area (Å²) >= 11 is 0. The van der Waals surface area contributed by atoms with Gasteiger partial charge < -0.3 is 14.7 Å². The molecule has 0 spiro atoms. The lowest BCUT2D eigenvalue weighted by Gasteiger charge is -2.29. The summed E-state index contributed by atoms with van der Waals surface area (Å²) in [6.45, 7) is -0.146. The van der Waals surface area contributed by atoms with Crippen molar-refractivity contribution in [3.05, 3.63) is 24.3 Å². The van der Waals surface area contributed by atoms with Gasteiger partial charge in [0.05, 0.1) is 17.0 Å². The molecule has 3 aromatic heterocycles. The number of hydrogen-bond acceptors (Lipinski definition) is 5. The Morgan fingerprint density at radius 3 is 2.75 bits per heavy atom. The monoisotopic (exact) mass is 348 g/mol. The molecule has 1 saturated carbocycles. The molecule has 7 nitrogen and oxygen atoms in total. The third-order valence-corrected chi connectivity index (χ3v) is 6.75. The molecule has 8 heteroatoms. The maximum Gasteiger partial charge on any atom is 0.150 e. The summed E-state index contributed by atoms with van der Waals surface area (Å²) in [5, 5.41) is 10.5. The topological polar surface area (TPSA) is 101 Å². The Balaban J connectivity index is 1.80. The van der Waals surface area contributed by atoms with Crippen LogP contribution in [0.3, 0.4) is 0 Å². The number of fused-ring (bicyclic) bond motifs is 3. The highest BCUT2D eigenvalue weighted by atomic mass is 32.2. The molecule has 24 heavy (non-hydrogen) atoms. The highest BCUT2D eigenvalue weighted by molar-refractivity contribution is 7.91. The van der Waals surface area contributed by atoms with Crippen LogP contribution in [0.1, 0.15) is 37.5 Å². The van der Waals surface area contributed by atoms with Crippen molar-refractivity contribution >= 4 is 31.9 Å². The number of aromatic nitrogens is 4. The number of H-pyrrole nitrogens is 1. The van der Waals surface area contributed by atoms with Crippen LogP contribution < -0.4 is 0 Å². The van der Waals surface area contributed by atoms with E-state index in [1.165, 1.54) is 6.26 Å². The van der Waals surface area contributed by atoms with E-state index in [1.807, 2.05) is 12.3 Å². The molecule has 0 aliphatic heterocycles. The summed E-state index contributed by atoms with van der Waals surface area (Å²) in [6, 6.07) is 2.11. The molecule has 0 radical (unpaired) electrons. The standard InChI is InChI=1S/C16H20N4O3S/c1-24(22,23)11-4-2-10(3-5-11)20-14(9-21)19-13-8-18-16-12(15(13)20)6-7-17-16/h6-8,10-11,21H,2-5,9H2,1H3,(H,17,18)/t10-,11-. The van der Waals surface area contributed by atoms with E-state index in [4.69, 9.17) is 0 Å². The third-order valence-electron chi connectivity index (χ3n) is 5.06. The van der Waals surface area contributed by atoms with Crippen LogP contribution in [-0.2, 0) is 16.4 Å². The zero-order valence-corrected chi connectivity index (χ0v) is 14.3. The van der Waals surface area contributed by atoms with Gasteiger partial charge in [0.25, 0.3) is 0 Å². The van der Waals surface area contributed by atoms with Crippen molar-refractivity contribution in [1.82, 2.24) is 19.5 Å². The molecule has 2 N–H and O–H groups in total. The first kappa shape index (κ1) is 15.6. The predicted molar refractivity (Wildman–Crippen MR) is 91.4 cm³/mol. The van der Waals surface area contributed by atoms with E-state index in [1.54, 1.807) is 6.20 Å². The van der Waals surface area contributed by atoms with Gasteiger partial charge in [0.1, 0.15) is 33.4 Å². The Kier molecular flexibility index (Phi) is 3.61. The van der Waals surface area contributed by atoms with Gasteiger partial charge in [-0.15, -0.1) is 0 Å². The fraction of sp³-hybridized carbons (Fsp3) is 0.500. The van der Waals surface area contributed by atoms with Crippen molar-refractivity contribution in [2.45, 2.75) is 43.6 Å². The maximum atomic E-state index is 11.8. The largest absolute Gasteiger partial charge is 0.388 e. The van der Waals surface area contributed by atoms with Gasteiger partial charge in [-0.3, -0.25) is 0 Å². The van der Waals surface area contributed by atoms with Crippen LogP contribution in [0.15, 0.2) is 18.5 Å². The lowest BCUT2D eigenvalue weighted by Crippen LogP contribution is -2.28. The number of pyridine rings is 1. The minimum atomic E-state index is -2.99. The fourth-order valence-electron chi connectivity index (χ4n) is 3.88. The number of sulfone groups is 1. The molecule has 1 fully saturated rings. The Morgan fingerprint density at radius 1 is 1.33 bits per heavy atom. The summed E-state index contributed by atoms with van der Waals surface area (Å²) in [6.07, 6.45) is 7.71. The van der Waals surface area contributed by atoms with Crippen LogP contribution in [0.5, 0.6) is 0 Å². The van der Waals surface area contributed by atoms with Crippen molar-refractivity contribution in [2.75, 3.05) is 6.26 Å². The van der Waals surface area contributed by atoms with Crippen molar-refractivity contribution in [3.8, 4) is 0 Å². The van der Waals surface area contributed by atoms with Crippen LogP contribution in [0.4, 0.5) is 0 Å². The van der Waals surface area contributed by atoms with Crippen molar-refractivity contribution in [3.63, 3.8) is 0 Å². The summed E-state index contributed by atoms with van der Waals surface area (Å²) in [5.74, 6) is 0.614. The van der Waals surface area contributed by atoms with Gasteiger partial charge in [0, 0.05) is 23.9 Å². The number of rotatable bonds is 3. The molecule has 3 aromatic rings. The van der Waals surface area contributed by atoms with Crippen molar-refractivity contribution in [2.24, 2.45) is 0 Å². The fourth-order valence-corrected chi connectivity index (χ4v) is 5.01. The van der Waals surface area contributed by atoms with E-state index in [9.17, 15) is 13.5 Å². The van der Waals surface area contributed by atoms with E-state index in [-0.39, 0.29) is 17.9 Å². The number of imidazole rings is 1. The maximum absolute atomic E-state index is 11.8. The predicted octanol–water partition coefficient (Wildman–Crippen LogP) is 1.93. The quantitative estimate of drug-likeness (QED) is 0.753. The minimum absolute atomic E-state index is 0.146. The molecule has 3 heterocycles. The molecule has 0 bridgehead atoms. The van der Waals surface area contributed by atoms with Crippen LogP contribution >= 0.6 is 0 Å². The van der Waals surface area contributed by atoms with E-state index in [0.717, 1.165) is 34.9 Å². The summed E-state index contributed by atoms with van der Waals surface area (Å²) < 4.78 is 25.7. The van der Waals surface area contributed by atoms with Gasteiger partial charge in [-0.2, -0.15) is 0 Å². The zero-order chi connectivity index (χ0) is 16.9. The normalized spacial score (nSPS) is 22.4. The van der Waals surface area contributed by atoms with Crippen LogP contribution in [0.25, 0.3) is 22.1 Å². The van der Waals surface area contributed by atoms with Gasteiger partial charge in [0.2, 0.25) is 0 Å². The highest BCUT2D eigenvalue weighted by Crippen LogP contribution is 2.36. The number of aromatic amines is 1. The molecular weight excluding hydrogens is 328 g/mol. The summed E-state index contributed by atoms with van der Waals surface area (Å²) in [7, 11) is -2.99. The van der Waals surface area contributed by atoms with Crippen LogP contribution in [0.2, 0.25) is 0 Å². The summed E-state index contributed by atoms with van der Waals surface area (Å²) in [5.41, 5.74) is 2.52. The second-order valence-corrected chi connectivity index (χ2v) is 8.87. The van der Waals surface area contributed by atoms with Crippen LogP contribution in [0, 0.1) is 0 Å². The number of hydrogen-bond donors (Lipinski definition) is 2. The molecule has 4 rings (SSSR count). The lowest BCUT2D eigenvalue weighted by molar-refractivity contribution is 0.253. The smallest absolute Gasteiger partial charge is 0.150 e. The SMILES string of the molecule is CS(=O)(=O)[C@H]1CC[C@H](n2c(CO)nc3cnc4[nH]ccc4c32)CC1. The van der Waals surface area contributed by atoms with E-state index >= 15 is 0 Å². The minimum Gasteiger partial charge on any atom is -0.388 e. The molecular formula is C16H20N4O3S. The first-order chi connectivity index (χ1) is 11.5. The van der Waals surface area contributed by atoms with E-state index in [0.29, 0.717) is 18.7 Å². The number of aliphatic hydroxyl groups is 1. The van der Waals surface area contributed by atoms with Gasteiger partial charge in [-0.05, 0) is 31.7 Å². The number of nitrogens with one attached hydrogen (secondary N) is 1. The van der Waals surface area contributed by atoms with Crippen molar-refractivity contribution < 1.29 is 13.5 Å². The number of aliphatic hydroxyl groups excluding tert-OH is 1. The second-order valence-electron chi connectivity index (χ2n) is 6.55. The molecule has 0 aromatic carbocycles. The molecule has 0 atom stereocenters. The molecule has 0 unspecified atom stereocenters. The number of nitrogens with zero attached hydrogens (tertiary/aromatic N) is 3. The molecule has 0 saturated heterocycles. The lowest BCUT2D eigenvalue weighted by atomic mass is 9.94. The Labute approximate surface area is 139 Å². The van der Waals surface area contributed by atoms with E-state index < -0.39 is 9.84 Å². The van der Waals surface area contributed by atoms with Crippen LogP contribution in [-0.4, -0.2) is 44.5 Å². The first-order valence-corrected chi connectivity index (χ1v) is 10.1. The van der Waals surface area contributed by atoms with Gasteiger partial charge in [0.15, 0.2) is 0 Å². The average Bonchev–Trinajstić information content (AvgIpc) is 3.17.